The number of hydrogen-bond donors (Lipinski definition) is 3. The van der Waals surface area contributed by atoms with Crippen LogP contribution in [0.4, 0.5) is 11.4 Å². The summed E-state index contributed by atoms with van der Waals surface area (Å²) in [6, 6.07) is 0. The maximum absolute atomic E-state index is 9.35. The van der Waals surface area contributed by atoms with Crippen molar-refractivity contribution in [3.05, 3.63) is 16.9 Å². The number of halogens is 1. The number of aliphatic hydroxyl groups is 1. The molecule has 1 saturated carbocycles. The number of rotatable bonds is 3. The molecule has 0 unspecified atom stereocenters. The molecule has 1 heterocycles. The molecule has 0 spiro atoms. The highest BCUT2D eigenvalue weighted by Crippen LogP contribution is 2.38. The fraction of sp³-hybridized carbons (Fsp3) is 0.500. The van der Waals surface area contributed by atoms with Gasteiger partial charge < -0.3 is 16.2 Å². The van der Waals surface area contributed by atoms with Crippen LogP contribution in [0.2, 0.25) is 0 Å². The molecule has 5 heteroatoms. The summed E-state index contributed by atoms with van der Waals surface area (Å²) < 4.78 is 0.835. The average molecular weight is 272 g/mol. The summed E-state index contributed by atoms with van der Waals surface area (Å²) >= 11 is 3.40. The van der Waals surface area contributed by atoms with E-state index in [4.69, 9.17) is 5.73 Å². The van der Waals surface area contributed by atoms with Crippen molar-refractivity contribution in [2.75, 3.05) is 17.7 Å². The minimum atomic E-state index is -0.183. The number of nitrogens with one attached hydrogen (secondary N) is 1. The van der Waals surface area contributed by atoms with Crippen LogP contribution in [-0.2, 0) is 0 Å². The zero-order valence-corrected chi connectivity index (χ0v) is 9.92. The van der Waals surface area contributed by atoms with Gasteiger partial charge in [-0.1, -0.05) is 0 Å². The number of nitrogen functional groups attached to an aromatic ring is 1. The molecule has 0 atom stereocenters. The fourth-order valence-corrected chi connectivity index (χ4v) is 2.22. The van der Waals surface area contributed by atoms with E-state index in [2.05, 4.69) is 26.2 Å². The first-order valence-electron chi connectivity index (χ1n) is 4.95. The highest BCUT2D eigenvalue weighted by Gasteiger charge is 2.36. The first-order chi connectivity index (χ1) is 7.17. The van der Waals surface area contributed by atoms with Crippen LogP contribution in [0, 0.1) is 0 Å². The fourth-order valence-electron chi connectivity index (χ4n) is 1.77. The lowest BCUT2D eigenvalue weighted by Gasteiger charge is -2.42. The summed E-state index contributed by atoms with van der Waals surface area (Å²) in [6.45, 7) is 0.140. The molecule has 1 aliphatic carbocycles. The molecular formula is C10H14BrN3O. The number of nitrogens with zero attached hydrogens (tertiary/aromatic N) is 1. The summed E-state index contributed by atoms with van der Waals surface area (Å²) in [7, 11) is 0. The summed E-state index contributed by atoms with van der Waals surface area (Å²) in [5.74, 6) is 0. The van der Waals surface area contributed by atoms with E-state index in [1.807, 2.05) is 0 Å². The summed E-state index contributed by atoms with van der Waals surface area (Å²) in [5, 5.41) is 12.7. The van der Waals surface area contributed by atoms with Gasteiger partial charge in [0.2, 0.25) is 0 Å². The van der Waals surface area contributed by atoms with Crippen LogP contribution in [-0.4, -0.2) is 22.2 Å². The molecule has 1 aliphatic rings. The highest BCUT2D eigenvalue weighted by molar-refractivity contribution is 9.10. The molecule has 15 heavy (non-hydrogen) atoms. The van der Waals surface area contributed by atoms with Gasteiger partial charge in [0.25, 0.3) is 0 Å². The topological polar surface area (TPSA) is 71.2 Å². The maximum Gasteiger partial charge on any atom is 0.0755 e. The van der Waals surface area contributed by atoms with Crippen molar-refractivity contribution >= 4 is 27.3 Å². The van der Waals surface area contributed by atoms with Crippen molar-refractivity contribution in [1.82, 2.24) is 4.98 Å². The minimum absolute atomic E-state index is 0.140. The van der Waals surface area contributed by atoms with Gasteiger partial charge in [-0.2, -0.15) is 0 Å². The van der Waals surface area contributed by atoms with Crippen LogP contribution in [0.3, 0.4) is 0 Å². The Labute approximate surface area is 97.0 Å². The Morgan fingerprint density at radius 2 is 2.27 bits per heavy atom. The van der Waals surface area contributed by atoms with E-state index in [0.29, 0.717) is 5.69 Å². The van der Waals surface area contributed by atoms with Crippen molar-refractivity contribution in [2.24, 2.45) is 0 Å². The monoisotopic (exact) mass is 271 g/mol. The van der Waals surface area contributed by atoms with Gasteiger partial charge in [-0.15, -0.1) is 0 Å². The smallest absolute Gasteiger partial charge is 0.0755 e. The molecule has 0 amide bonds. The highest BCUT2D eigenvalue weighted by atomic mass is 79.9. The summed E-state index contributed by atoms with van der Waals surface area (Å²) in [6.07, 6.45) is 6.42. The van der Waals surface area contributed by atoms with Gasteiger partial charge in [0.05, 0.1) is 34.2 Å². The number of pyridine rings is 1. The van der Waals surface area contributed by atoms with E-state index >= 15 is 0 Å². The number of aromatic nitrogens is 1. The van der Waals surface area contributed by atoms with E-state index in [1.165, 1.54) is 0 Å². The molecule has 0 aromatic carbocycles. The predicted molar refractivity (Wildman–Crippen MR) is 63.6 cm³/mol. The third kappa shape index (κ3) is 1.94. The number of nitrogens with two attached hydrogens (primary N) is 1. The van der Waals surface area contributed by atoms with Crippen LogP contribution >= 0.6 is 15.9 Å². The third-order valence-corrected chi connectivity index (χ3v) is 3.53. The van der Waals surface area contributed by atoms with Crippen molar-refractivity contribution in [3.8, 4) is 0 Å². The molecule has 0 saturated heterocycles. The molecule has 0 radical (unpaired) electrons. The van der Waals surface area contributed by atoms with Crippen molar-refractivity contribution in [1.29, 1.82) is 0 Å². The predicted octanol–water partition coefficient (Wildman–Crippen LogP) is 1.75. The van der Waals surface area contributed by atoms with Gasteiger partial charge in [-0.25, -0.2) is 0 Å². The lowest BCUT2D eigenvalue weighted by Crippen LogP contribution is -2.48. The van der Waals surface area contributed by atoms with Crippen LogP contribution in [0.1, 0.15) is 19.3 Å². The molecule has 0 bridgehead atoms. The van der Waals surface area contributed by atoms with Gasteiger partial charge in [0.1, 0.15) is 0 Å². The van der Waals surface area contributed by atoms with Gasteiger partial charge in [-0.3, -0.25) is 4.98 Å². The maximum atomic E-state index is 9.35. The van der Waals surface area contributed by atoms with Gasteiger partial charge in [0, 0.05) is 6.20 Å². The van der Waals surface area contributed by atoms with Crippen LogP contribution in [0.25, 0.3) is 0 Å². The molecule has 2 rings (SSSR count). The number of aliphatic hydroxyl groups excluding tert-OH is 1. The summed E-state index contributed by atoms with van der Waals surface area (Å²) in [5.41, 5.74) is 7.08. The molecule has 82 valence electrons. The number of hydrogen-bond acceptors (Lipinski definition) is 4. The van der Waals surface area contributed by atoms with Crippen LogP contribution in [0.15, 0.2) is 16.9 Å². The quantitative estimate of drug-likeness (QED) is 0.784. The standard InChI is InChI=1S/C10H14BrN3O/c11-7-4-13-5-8(12)9(7)14-10(6-15)2-1-3-10/h4-5,15H,1-3,6,12H2,(H,13,14). The molecular weight excluding hydrogens is 258 g/mol. The second kappa shape index (κ2) is 3.98. The zero-order valence-electron chi connectivity index (χ0n) is 8.33. The molecule has 1 aromatic heterocycles. The van der Waals surface area contributed by atoms with E-state index < -0.39 is 0 Å². The molecule has 4 nitrogen and oxygen atoms in total. The van der Waals surface area contributed by atoms with Gasteiger partial charge in [-0.05, 0) is 35.2 Å². The molecule has 1 aromatic rings. The molecule has 0 aliphatic heterocycles. The Morgan fingerprint density at radius 3 is 2.73 bits per heavy atom. The molecule has 4 N–H and O–H groups in total. The Kier molecular flexibility index (Phi) is 2.84. The van der Waals surface area contributed by atoms with Gasteiger partial charge >= 0.3 is 0 Å². The Hall–Kier alpha value is -0.810. The van der Waals surface area contributed by atoms with E-state index in [0.717, 1.165) is 29.4 Å². The van der Waals surface area contributed by atoms with Gasteiger partial charge in [0.15, 0.2) is 0 Å². The Balaban J connectivity index is 2.23. The second-order valence-electron chi connectivity index (χ2n) is 4.00. The first kappa shape index (κ1) is 10.7. The van der Waals surface area contributed by atoms with E-state index in [9.17, 15) is 5.11 Å². The lowest BCUT2D eigenvalue weighted by molar-refractivity contribution is 0.144. The average Bonchev–Trinajstić information content (AvgIpc) is 2.15. The minimum Gasteiger partial charge on any atom is -0.396 e. The van der Waals surface area contributed by atoms with E-state index in [1.54, 1.807) is 12.4 Å². The SMILES string of the molecule is Nc1cncc(Br)c1NC1(CO)CCC1. The zero-order chi connectivity index (χ0) is 10.9. The Bertz CT molecular complexity index is 340. The van der Waals surface area contributed by atoms with Crippen LogP contribution in [0.5, 0.6) is 0 Å². The van der Waals surface area contributed by atoms with Crippen LogP contribution < -0.4 is 11.1 Å². The Morgan fingerprint density at radius 1 is 1.53 bits per heavy atom. The molecule has 1 fully saturated rings. The lowest BCUT2D eigenvalue weighted by atomic mass is 9.77. The van der Waals surface area contributed by atoms with Crippen molar-refractivity contribution < 1.29 is 5.11 Å². The number of anilines is 2. The van der Waals surface area contributed by atoms with Crippen molar-refractivity contribution in [2.45, 2.75) is 24.8 Å². The third-order valence-electron chi connectivity index (χ3n) is 2.93. The van der Waals surface area contributed by atoms with Crippen molar-refractivity contribution in [3.63, 3.8) is 0 Å². The summed E-state index contributed by atoms with van der Waals surface area (Å²) in [4.78, 5) is 3.97. The largest absolute Gasteiger partial charge is 0.396 e. The van der Waals surface area contributed by atoms with E-state index in [-0.39, 0.29) is 12.1 Å². The normalized spacial score (nSPS) is 18.3. The first-order valence-corrected chi connectivity index (χ1v) is 5.74. The second-order valence-corrected chi connectivity index (χ2v) is 4.86.